The summed E-state index contributed by atoms with van der Waals surface area (Å²) in [5, 5.41) is 6.02. The van der Waals surface area contributed by atoms with E-state index in [1.807, 2.05) is 0 Å². The number of ether oxygens (including phenoxy) is 3. The molecule has 0 aliphatic rings. The first kappa shape index (κ1) is 50.8. The van der Waals surface area contributed by atoms with Crippen LogP contribution in [0.15, 0.2) is 48.6 Å². The second-order valence-electron chi connectivity index (χ2n) is 14.4. The first-order chi connectivity index (χ1) is 26.1. The van der Waals surface area contributed by atoms with E-state index in [1.54, 1.807) is 7.11 Å². The lowest BCUT2D eigenvalue weighted by Crippen LogP contribution is -2.32. The maximum atomic E-state index is 12.7. The van der Waals surface area contributed by atoms with Crippen LogP contribution >= 0.6 is 0 Å². The number of methoxy groups -OCH3 is 1. The molecule has 0 aliphatic carbocycles. The van der Waals surface area contributed by atoms with E-state index in [2.05, 4.69) is 73.1 Å². The third-order valence-electron chi connectivity index (χ3n) is 9.32. The molecule has 0 rings (SSSR count). The molecule has 0 saturated heterocycles. The van der Waals surface area contributed by atoms with Gasteiger partial charge in [-0.3, -0.25) is 9.59 Å². The first-order valence-electron chi connectivity index (χ1n) is 22.0. The molecular formula is C46H84N2O5. The number of allylic oxidation sites excluding steroid dienone is 8. The van der Waals surface area contributed by atoms with Gasteiger partial charge in [0.1, 0.15) is 12.7 Å². The normalized spacial score (nSPS) is 12.6. The summed E-state index contributed by atoms with van der Waals surface area (Å²) in [6.45, 7) is 6.57. The molecule has 0 heterocycles. The quantitative estimate of drug-likeness (QED) is 0.0366. The zero-order valence-corrected chi connectivity index (χ0v) is 34.9. The number of unbranched alkanes of at least 4 members (excludes halogenated alkanes) is 18. The van der Waals surface area contributed by atoms with Crippen molar-refractivity contribution in [2.75, 3.05) is 46.5 Å². The summed E-state index contributed by atoms with van der Waals surface area (Å²) in [4.78, 5) is 24.4. The maximum absolute atomic E-state index is 12.7. The predicted molar refractivity (Wildman–Crippen MR) is 226 cm³/mol. The van der Waals surface area contributed by atoms with Crippen molar-refractivity contribution in [3.05, 3.63) is 48.6 Å². The van der Waals surface area contributed by atoms with Gasteiger partial charge in [-0.25, -0.2) is 0 Å². The monoisotopic (exact) mass is 745 g/mol. The summed E-state index contributed by atoms with van der Waals surface area (Å²) >= 11 is 0. The summed E-state index contributed by atoms with van der Waals surface area (Å²) in [7, 11) is 1.62. The number of nitrogens with one attached hydrogen (secondary N) is 2. The summed E-state index contributed by atoms with van der Waals surface area (Å²) < 4.78 is 16.1. The largest absolute Gasteiger partial charge is 0.463 e. The molecule has 0 fully saturated rings. The molecule has 0 aromatic rings. The standard InChI is InChI=1S/C46H84N2O5/c1-4-6-8-10-12-14-16-18-20-21-23-25-27-29-31-33-35-37-44(53-46(50)43-48-39-41-52-45(49)42-47-38-40-51-3)36-34-32-30-28-26-24-22-19-17-15-13-11-9-7-5-2/h12-15,18-20,22,44,47-48H,4-11,16-17,21,23-43H2,1-3H3/b14-12-,15-13-,20-18-,22-19-. The molecule has 1 unspecified atom stereocenters. The molecule has 0 saturated carbocycles. The minimum Gasteiger partial charge on any atom is -0.463 e. The van der Waals surface area contributed by atoms with E-state index in [9.17, 15) is 9.59 Å². The second kappa shape index (κ2) is 44.2. The molecule has 0 bridgehead atoms. The highest BCUT2D eigenvalue weighted by atomic mass is 16.5. The van der Waals surface area contributed by atoms with Crippen LogP contribution in [0.2, 0.25) is 0 Å². The van der Waals surface area contributed by atoms with Crippen molar-refractivity contribution < 1.29 is 23.8 Å². The van der Waals surface area contributed by atoms with Crippen molar-refractivity contribution in [1.82, 2.24) is 10.6 Å². The minimum absolute atomic E-state index is 0.0174. The van der Waals surface area contributed by atoms with E-state index < -0.39 is 0 Å². The van der Waals surface area contributed by atoms with E-state index in [0.717, 1.165) is 44.9 Å². The molecule has 308 valence electrons. The van der Waals surface area contributed by atoms with Crippen molar-refractivity contribution >= 4 is 11.9 Å². The maximum Gasteiger partial charge on any atom is 0.320 e. The summed E-state index contributed by atoms with van der Waals surface area (Å²) in [5.41, 5.74) is 0. The van der Waals surface area contributed by atoms with Crippen molar-refractivity contribution in [1.29, 1.82) is 0 Å². The van der Waals surface area contributed by atoms with Crippen molar-refractivity contribution in [2.45, 2.75) is 187 Å². The van der Waals surface area contributed by atoms with Crippen molar-refractivity contribution in [3.8, 4) is 0 Å². The number of esters is 2. The zero-order valence-electron chi connectivity index (χ0n) is 34.9. The molecule has 53 heavy (non-hydrogen) atoms. The fourth-order valence-electron chi connectivity index (χ4n) is 6.05. The Bertz CT molecular complexity index is 900. The van der Waals surface area contributed by atoms with Gasteiger partial charge >= 0.3 is 11.9 Å². The number of carbonyl (C=O) groups excluding carboxylic acids is 2. The fourth-order valence-corrected chi connectivity index (χ4v) is 6.05. The van der Waals surface area contributed by atoms with E-state index in [-0.39, 0.29) is 37.7 Å². The van der Waals surface area contributed by atoms with Crippen LogP contribution in [-0.4, -0.2) is 64.5 Å². The topological polar surface area (TPSA) is 85.9 Å². The van der Waals surface area contributed by atoms with Gasteiger partial charge in [0, 0.05) is 20.2 Å². The highest BCUT2D eigenvalue weighted by Gasteiger charge is 2.14. The van der Waals surface area contributed by atoms with Crippen LogP contribution in [0.4, 0.5) is 0 Å². The van der Waals surface area contributed by atoms with Crippen LogP contribution in [0.5, 0.6) is 0 Å². The van der Waals surface area contributed by atoms with Crippen molar-refractivity contribution in [2.24, 2.45) is 0 Å². The molecule has 2 N–H and O–H groups in total. The minimum atomic E-state index is -0.313. The fraction of sp³-hybridized carbons (Fsp3) is 0.783. The van der Waals surface area contributed by atoms with Gasteiger partial charge in [-0.15, -0.1) is 0 Å². The van der Waals surface area contributed by atoms with Gasteiger partial charge in [0.2, 0.25) is 0 Å². The third-order valence-corrected chi connectivity index (χ3v) is 9.32. The van der Waals surface area contributed by atoms with Crippen LogP contribution in [-0.2, 0) is 23.8 Å². The summed E-state index contributed by atoms with van der Waals surface area (Å²) in [6, 6.07) is 0. The number of hydrogen-bond donors (Lipinski definition) is 2. The number of carbonyl (C=O) groups is 2. The van der Waals surface area contributed by atoms with Gasteiger partial charge in [0.05, 0.1) is 19.7 Å². The molecule has 7 heteroatoms. The van der Waals surface area contributed by atoms with Gasteiger partial charge in [0.25, 0.3) is 0 Å². The van der Waals surface area contributed by atoms with Crippen LogP contribution < -0.4 is 10.6 Å². The van der Waals surface area contributed by atoms with Gasteiger partial charge in [-0.1, -0.05) is 140 Å². The molecule has 0 aliphatic heterocycles. The van der Waals surface area contributed by atoms with E-state index in [4.69, 9.17) is 14.2 Å². The van der Waals surface area contributed by atoms with Gasteiger partial charge in [-0.05, 0) is 89.9 Å². The highest BCUT2D eigenvalue weighted by Crippen LogP contribution is 2.17. The average molecular weight is 745 g/mol. The first-order valence-corrected chi connectivity index (χ1v) is 22.0. The number of hydrogen-bond acceptors (Lipinski definition) is 7. The van der Waals surface area contributed by atoms with Gasteiger partial charge in [-0.2, -0.15) is 0 Å². The molecule has 0 spiro atoms. The second-order valence-corrected chi connectivity index (χ2v) is 14.4. The zero-order chi connectivity index (χ0) is 38.6. The molecule has 0 aromatic carbocycles. The SMILES string of the molecule is CCCCC/C=C\C/C=C\CCCCCCCCCC(CCCCCCC/C=C\C/C=C\CCCCC)OC(=O)CNCCOC(=O)CNCCOC. The van der Waals surface area contributed by atoms with Crippen molar-refractivity contribution in [3.63, 3.8) is 0 Å². The van der Waals surface area contributed by atoms with Crippen LogP contribution in [0.1, 0.15) is 181 Å². The van der Waals surface area contributed by atoms with E-state index in [1.165, 1.54) is 122 Å². The molecule has 0 aromatic heterocycles. The Hall–Kier alpha value is -2.22. The Morgan fingerprint density at radius 3 is 1.34 bits per heavy atom. The van der Waals surface area contributed by atoms with E-state index >= 15 is 0 Å². The lowest BCUT2D eigenvalue weighted by molar-refractivity contribution is -0.148. The van der Waals surface area contributed by atoms with Gasteiger partial charge < -0.3 is 24.8 Å². The molecule has 1 atom stereocenters. The Morgan fingerprint density at radius 1 is 0.491 bits per heavy atom. The lowest BCUT2D eigenvalue weighted by atomic mass is 10.0. The predicted octanol–water partition coefficient (Wildman–Crippen LogP) is 11.7. The lowest BCUT2D eigenvalue weighted by Gasteiger charge is -2.18. The van der Waals surface area contributed by atoms with E-state index in [0.29, 0.717) is 19.7 Å². The third kappa shape index (κ3) is 42.4. The summed E-state index contributed by atoms with van der Waals surface area (Å²) in [6.07, 6.45) is 50.0. The van der Waals surface area contributed by atoms with Gasteiger partial charge in [0.15, 0.2) is 0 Å². The van der Waals surface area contributed by atoms with Crippen LogP contribution in [0.25, 0.3) is 0 Å². The Kier molecular flexibility index (Phi) is 42.3. The number of rotatable bonds is 41. The molecular weight excluding hydrogens is 661 g/mol. The molecule has 0 amide bonds. The Balaban J connectivity index is 4.25. The Labute approximate surface area is 327 Å². The molecule has 7 nitrogen and oxygen atoms in total. The van der Waals surface area contributed by atoms with Crippen LogP contribution in [0, 0.1) is 0 Å². The Morgan fingerprint density at radius 2 is 0.887 bits per heavy atom. The molecule has 0 radical (unpaired) electrons. The highest BCUT2D eigenvalue weighted by molar-refractivity contribution is 5.72. The smallest absolute Gasteiger partial charge is 0.320 e. The summed E-state index contributed by atoms with van der Waals surface area (Å²) in [5.74, 6) is -0.533. The van der Waals surface area contributed by atoms with Crippen LogP contribution in [0.3, 0.4) is 0 Å². The average Bonchev–Trinajstić information content (AvgIpc) is 3.15.